The molecular weight excluding hydrogens is 284 g/mol. The van der Waals surface area contributed by atoms with Crippen molar-refractivity contribution in [2.75, 3.05) is 13.7 Å². The van der Waals surface area contributed by atoms with Crippen LogP contribution in [-0.4, -0.2) is 30.6 Å². The molecule has 1 N–H and O–H groups in total. The number of rotatable bonds is 4. The summed E-state index contributed by atoms with van der Waals surface area (Å²) in [6, 6.07) is 5.28. The van der Waals surface area contributed by atoms with Gasteiger partial charge in [-0.2, -0.15) is 0 Å². The van der Waals surface area contributed by atoms with Gasteiger partial charge in [0.2, 0.25) is 5.88 Å². The average molecular weight is 302 g/mol. The van der Waals surface area contributed by atoms with E-state index in [1.165, 1.54) is 6.26 Å². The Morgan fingerprint density at radius 2 is 2.27 bits per heavy atom. The maximum Gasteiger partial charge on any atom is 0.255 e. The third-order valence-corrected chi connectivity index (χ3v) is 3.81. The second-order valence-electron chi connectivity index (χ2n) is 5.18. The van der Waals surface area contributed by atoms with Crippen LogP contribution in [0.25, 0.3) is 0 Å². The Kier molecular flexibility index (Phi) is 4.11. The zero-order chi connectivity index (χ0) is 15.5. The van der Waals surface area contributed by atoms with Crippen LogP contribution in [0.1, 0.15) is 34.2 Å². The number of ether oxygens (including phenoxy) is 2. The number of hydrogen-bond acceptors (Lipinski definition) is 5. The summed E-state index contributed by atoms with van der Waals surface area (Å²) in [6.07, 6.45) is 3.80. The van der Waals surface area contributed by atoms with Crippen LogP contribution in [0.2, 0.25) is 0 Å². The monoisotopic (exact) mass is 302 g/mol. The van der Waals surface area contributed by atoms with E-state index in [0.717, 1.165) is 12.0 Å². The fourth-order valence-corrected chi connectivity index (χ4v) is 2.61. The van der Waals surface area contributed by atoms with Crippen LogP contribution in [0.3, 0.4) is 0 Å². The molecule has 3 heterocycles. The summed E-state index contributed by atoms with van der Waals surface area (Å²) in [7, 11) is 1.57. The van der Waals surface area contributed by atoms with E-state index in [1.807, 2.05) is 6.07 Å². The van der Waals surface area contributed by atoms with Crippen LogP contribution in [0, 0.1) is 6.92 Å². The highest BCUT2D eigenvalue weighted by atomic mass is 16.5. The summed E-state index contributed by atoms with van der Waals surface area (Å²) in [4.78, 5) is 16.5. The Morgan fingerprint density at radius 1 is 1.41 bits per heavy atom. The van der Waals surface area contributed by atoms with Gasteiger partial charge < -0.3 is 19.2 Å². The molecular formula is C16H18N2O4. The number of amides is 1. The topological polar surface area (TPSA) is 73.6 Å². The highest BCUT2D eigenvalue weighted by Gasteiger charge is 2.31. The van der Waals surface area contributed by atoms with Gasteiger partial charge in [0.1, 0.15) is 11.9 Å². The van der Waals surface area contributed by atoms with E-state index in [9.17, 15) is 4.79 Å². The zero-order valence-corrected chi connectivity index (χ0v) is 12.5. The maximum absolute atomic E-state index is 12.3. The lowest BCUT2D eigenvalue weighted by atomic mass is 10.0. The van der Waals surface area contributed by atoms with E-state index in [4.69, 9.17) is 13.9 Å². The molecule has 0 saturated carbocycles. The van der Waals surface area contributed by atoms with E-state index in [-0.39, 0.29) is 18.1 Å². The number of methoxy groups -OCH3 is 1. The summed E-state index contributed by atoms with van der Waals surface area (Å²) in [5, 5.41) is 3.02. The van der Waals surface area contributed by atoms with Gasteiger partial charge in [0.25, 0.3) is 5.91 Å². The van der Waals surface area contributed by atoms with Crippen molar-refractivity contribution < 1.29 is 18.7 Å². The van der Waals surface area contributed by atoms with E-state index in [1.54, 1.807) is 32.4 Å². The second-order valence-corrected chi connectivity index (χ2v) is 5.18. The first kappa shape index (κ1) is 14.6. The number of nitrogens with zero attached hydrogens (tertiary/aromatic N) is 1. The SMILES string of the molecule is COc1ccc([C@H]2OCC[C@@H]2NC(=O)c2ccoc2C)cn1. The van der Waals surface area contributed by atoms with E-state index in [0.29, 0.717) is 23.8 Å². The number of nitrogens with one attached hydrogen (secondary N) is 1. The van der Waals surface area contributed by atoms with E-state index < -0.39 is 0 Å². The Hall–Kier alpha value is -2.34. The van der Waals surface area contributed by atoms with Crippen molar-refractivity contribution in [2.45, 2.75) is 25.5 Å². The molecule has 116 valence electrons. The van der Waals surface area contributed by atoms with Crippen molar-refractivity contribution in [3.63, 3.8) is 0 Å². The molecule has 2 aromatic rings. The Bertz CT molecular complexity index is 650. The van der Waals surface area contributed by atoms with Gasteiger partial charge in [0.15, 0.2) is 0 Å². The van der Waals surface area contributed by atoms with Crippen LogP contribution in [0.5, 0.6) is 5.88 Å². The van der Waals surface area contributed by atoms with Crippen molar-refractivity contribution in [3.8, 4) is 5.88 Å². The molecule has 0 aliphatic carbocycles. The lowest BCUT2D eigenvalue weighted by molar-refractivity contribution is 0.0819. The molecule has 0 aromatic carbocycles. The molecule has 0 unspecified atom stereocenters. The molecule has 3 rings (SSSR count). The highest BCUT2D eigenvalue weighted by Crippen LogP contribution is 2.29. The number of aryl methyl sites for hydroxylation is 1. The van der Waals surface area contributed by atoms with E-state index in [2.05, 4.69) is 10.3 Å². The Morgan fingerprint density at radius 3 is 2.91 bits per heavy atom. The predicted molar refractivity (Wildman–Crippen MR) is 78.8 cm³/mol. The van der Waals surface area contributed by atoms with Crippen molar-refractivity contribution in [2.24, 2.45) is 0 Å². The van der Waals surface area contributed by atoms with Gasteiger partial charge in [-0.1, -0.05) is 0 Å². The van der Waals surface area contributed by atoms with Gasteiger partial charge in [0, 0.05) is 24.4 Å². The lowest BCUT2D eigenvalue weighted by Crippen LogP contribution is -2.36. The summed E-state index contributed by atoms with van der Waals surface area (Å²) in [5.74, 6) is 1.02. The van der Waals surface area contributed by atoms with Gasteiger partial charge in [-0.25, -0.2) is 4.98 Å². The maximum atomic E-state index is 12.3. The standard InChI is InChI=1S/C16H18N2O4/c1-10-12(5-7-21-10)16(19)18-13-6-8-22-15(13)11-3-4-14(20-2)17-9-11/h3-5,7,9,13,15H,6,8H2,1-2H3,(H,18,19)/t13-,15+/m0/s1. The molecule has 2 aromatic heterocycles. The number of furan rings is 1. The highest BCUT2D eigenvalue weighted by molar-refractivity contribution is 5.95. The van der Waals surface area contributed by atoms with Gasteiger partial charge in [0.05, 0.1) is 25.0 Å². The first-order valence-corrected chi connectivity index (χ1v) is 7.15. The molecule has 2 atom stereocenters. The van der Waals surface area contributed by atoms with Crippen molar-refractivity contribution in [1.82, 2.24) is 10.3 Å². The number of carbonyl (C=O) groups excluding carboxylic acids is 1. The quantitative estimate of drug-likeness (QED) is 0.937. The minimum Gasteiger partial charge on any atom is -0.481 e. The normalized spacial score (nSPS) is 20.8. The van der Waals surface area contributed by atoms with Crippen molar-refractivity contribution in [1.29, 1.82) is 0 Å². The average Bonchev–Trinajstić information content (AvgIpc) is 3.16. The molecule has 0 radical (unpaired) electrons. The van der Waals surface area contributed by atoms with E-state index >= 15 is 0 Å². The molecule has 1 fully saturated rings. The molecule has 1 saturated heterocycles. The lowest BCUT2D eigenvalue weighted by Gasteiger charge is -2.20. The molecule has 1 aliphatic rings. The van der Waals surface area contributed by atoms with Crippen molar-refractivity contribution >= 4 is 5.91 Å². The van der Waals surface area contributed by atoms with Gasteiger partial charge in [-0.3, -0.25) is 4.79 Å². The zero-order valence-electron chi connectivity index (χ0n) is 12.5. The Labute approximate surface area is 128 Å². The first-order valence-electron chi connectivity index (χ1n) is 7.15. The minimum absolute atomic E-state index is 0.0861. The molecule has 6 nitrogen and oxygen atoms in total. The minimum atomic E-state index is -0.199. The predicted octanol–water partition coefficient (Wildman–Crippen LogP) is 2.25. The third kappa shape index (κ3) is 2.82. The fourth-order valence-electron chi connectivity index (χ4n) is 2.61. The largest absolute Gasteiger partial charge is 0.481 e. The van der Waals surface area contributed by atoms with Gasteiger partial charge in [-0.05, 0) is 25.5 Å². The first-order chi connectivity index (χ1) is 10.7. The van der Waals surface area contributed by atoms with Crippen LogP contribution in [0.4, 0.5) is 0 Å². The van der Waals surface area contributed by atoms with Gasteiger partial charge in [-0.15, -0.1) is 0 Å². The summed E-state index contributed by atoms with van der Waals surface area (Å²) < 4.78 is 16.0. The number of carbonyl (C=O) groups is 1. The molecule has 22 heavy (non-hydrogen) atoms. The van der Waals surface area contributed by atoms with Crippen LogP contribution in [0.15, 0.2) is 35.1 Å². The molecule has 0 spiro atoms. The second kappa shape index (κ2) is 6.19. The van der Waals surface area contributed by atoms with Crippen LogP contribution < -0.4 is 10.1 Å². The van der Waals surface area contributed by atoms with Crippen LogP contribution in [-0.2, 0) is 4.74 Å². The number of hydrogen-bond donors (Lipinski definition) is 1. The summed E-state index contributed by atoms with van der Waals surface area (Å²) >= 11 is 0. The van der Waals surface area contributed by atoms with Crippen LogP contribution >= 0.6 is 0 Å². The molecule has 6 heteroatoms. The summed E-state index contributed by atoms with van der Waals surface area (Å²) in [6.45, 7) is 2.37. The smallest absolute Gasteiger partial charge is 0.255 e. The Balaban J connectivity index is 1.72. The number of aromatic nitrogens is 1. The van der Waals surface area contributed by atoms with Crippen molar-refractivity contribution in [3.05, 3.63) is 47.5 Å². The molecule has 1 amide bonds. The third-order valence-electron chi connectivity index (χ3n) is 3.81. The molecule has 1 aliphatic heterocycles. The molecule has 0 bridgehead atoms. The van der Waals surface area contributed by atoms with Gasteiger partial charge >= 0.3 is 0 Å². The number of pyridine rings is 1. The summed E-state index contributed by atoms with van der Waals surface area (Å²) in [5.41, 5.74) is 1.48. The fraction of sp³-hybridized carbons (Fsp3) is 0.375.